The highest BCUT2D eigenvalue weighted by Gasteiger charge is 2.37. The number of hydrogen-bond acceptors (Lipinski definition) is 7. The molecule has 0 aliphatic heterocycles. The third kappa shape index (κ3) is 6.78. The summed E-state index contributed by atoms with van der Waals surface area (Å²) in [6, 6.07) is 0.677. The van der Waals surface area contributed by atoms with Crippen LogP contribution in [0.25, 0.3) is 0 Å². The first kappa shape index (κ1) is 19.5. The molecule has 0 radical (unpaired) electrons. The molecule has 0 spiro atoms. The van der Waals surface area contributed by atoms with Crippen LogP contribution in [0, 0.1) is 0 Å². The van der Waals surface area contributed by atoms with Gasteiger partial charge in [0.2, 0.25) is 0 Å². The predicted octanol–water partition coefficient (Wildman–Crippen LogP) is 0.110. The van der Waals surface area contributed by atoms with Crippen LogP contribution in [0.3, 0.4) is 0 Å². The topological polar surface area (TPSA) is 77.5 Å². The largest absolute Gasteiger partial charge is 0.500 e. The summed E-state index contributed by atoms with van der Waals surface area (Å²) < 4.78 is 20.7. The van der Waals surface area contributed by atoms with Gasteiger partial charge in [-0.3, -0.25) is 0 Å². The highest BCUT2D eigenvalue weighted by molar-refractivity contribution is 6.60. The molecule has 0 aromatic rings. The second-order valence-electron chi connectivity index (χ2n) is 4.43. The lowest BCUT2D eigenvalue weighted by Gasteiger charge is -2.25. The summed E-state index contributed by atoms with van der Waals surface area (Å²) in [5, 5.41) is 9.64. The van der Waals surface area contributed by atoms with E-state index in [0.29, 0.717) is 12.6 Å². The lowest BCUT2D eigenvalue weighted by molar-refractivity contribution is -0.153. The van der Waals surface area contributed by atoms with E-state index in [-0.39, 0.29) is 13.2 Å². The van der Waals surface area contributed by atoms with Crippen molar-refractivity contribution < 1.29 is 27.9 Å². The maximum absolute atomic E-state index is 11.3. The van der Waals surface area contributed by atoms with E-state index in [1.54, 1.807) is 28.3 Å². The minimum Gasteiger partial charge on any atom is -0.464 e. The summed E-state index contributed by atoms with van der Waals surface area (Å²) in [5.74, 6) is -0.589. The number of esters is 1. The quantitative estimate of drug-likeness (QED) is 0.429. The molecule has 0 fully saturated rings. The van der Waals surface area contributed by atoms with Crippen molar-refractivity contribution in [2.24, 2.45) is 0 Å². The first-order valence-electron chi connectivity index (χ1n) is 6.63. The number of hydrogen-bond donors (Lipinski definition) is 1. The molecule has 0 aromatic carbocycles. The van der Waals surface area contributed by atoms with Crippen LogP contribution in [0.5, 0.6) is 0 Å². The molecular formula is C12H27NO6Si. The first-order valence-corrected chi connectivity index (χ1v) is 8.56. The monoisotopic (exact) mass is 309 g/mol. The fourth-order valence-corrected chi connectivity index (χ4v) is 3.52. The van der Waals surface area contributed by atoms with Crippen molar-refractivity contribution >= 4 is 14.8 Å². The zero-order chi connectivity index (χ0) is 15.6. The Hall–Kier alpha value is -0.513. The number of rotatable bonds is 11. The molecule has 8 heteroatoms. The van der Waals surface area contributed by atoms with E-state index in [1.165, 1.54) is 0 Å². The summed E-state index contributed by atoms with van der Waals surface area (Å²) in [5.41, 5.74) is 0. The molecule has 0 heterocycles. The van der Waals surface area contributed by atoms with E-state index in [1.807, 2.05) is 11.9 Å². The van der Waals surface area contributed by atoms with Gasteiger partial charge in [-0.2, -0.15) is 0 Å². The zero-order valence-corrected chi connectivity index (χ0v) is 14.0. The van der Waals surface area contributed by atoms with Crippen molar-refractivity contribution in [2.45, 2.75) is 25.5 Å². The van der Waals surface area contributed by atoms with Crippen molar-refractivity contribution in [3.63, 3.8) is 0 Å². The van der Waals surface area contributed by atoms with Crippen molar-refractivity contribution in [2.75, 3.05) is 48.1 Å². The second-order valence-corrected chi connectivity index (χ2v) is 7.52. The Morgan fingerprint density at radius 1 is 1.25 bits per heavy atom. The second kappa shape index (κ2) is 10.2. The molecule has 0 saturated heterocycles. The van der Waals surface area contributed by atoms with E-state index in [9.17, 15) is 9.90 Å². The number of likely N-dealkylation sites (N-methyl/N-ethyl adjacent to an activating group) is 1. The molecule has 0 saturated carbocycles. The molecule has 0 aliphatic carbocycles. The van der Waals surface area contributed by atoms with E-state index in [0.717, 1.165) is 6.42 Å². The molecule has 1 atom stereocenters. The smallest absolute Gasteiger partial charge is 0.464 e. The predicted molar refractivity (Wildman–Crippen MR) is 76.3 cm³/mol. The van der Waals surface area contributed by atoms with Gasteiger partial charge in [-0.25, -0.2) is 4.79 Å². The lowest BCUT2D eigenvalue weighted by Crippen LogP contribution is -2.43. The maximum Gasteiger partial charge on any atom is 0.500 e. The van der Waals surface area contributed by atoms with Crippen LogP contribution in [0.1, 0.15) is 13.3 Å². The molecular weight excluding hydrogens is 282 g/mol. The van der Waals surface area contributed by atoms with Gasteiger partial charge in [-0.05, 0) is 26.9 Å². The normalized spacial score (nSPS) is 13.6. The van der Waals surface area contributed by atoms with Crippen LogP contribution in [0.2, 0.25) is 6.04 Å². The first-order chi connectivity index (χ1) is 9.44. The van der Waals surface area contributed by atoms with Gasteiger partial charge in [-0.15, -0.1) is 0 Å². The Balaban J connectivity index is 4.04. The Labute approximate surface area is 122 Å². The molecule has 120 valence electrons. The summed E-state index contributed by atoms with van der Waals surface area (Å²) >= 11 is 0. The van der Waals surface area contributed by atoms with Gasteiger partial charge < -0.3 is 28.0 Å². The minimum absolute atomic E-state index is 0.236. The fourth-order valence-electron chi connectivity index (χ4n) is 1.82. The SMILES string of the molecule is CCOC(=O)C(O)CN(C)CCC[Si](OC)(OC)OC. The van der Waals surface area contributed by atoms with Crippen LogP contribution >= 0.6 is 0 Å². The van der Waals surface area contributed by atoms with Crippen LogP contribution in [0.4, 0.5) is 0 Å². The molecule has 0 bridgehead atoms. The third-order valence-corrected chi connectivity index (χ3v) is 5.83. The van der Waals surface area contributed by atoms with Crippen LogP contribution < -0.4 is 0 Å². The number of nitrogens with zero attached hydrogens (tertiary/aromatic N) is 1. The zero-order valence-electron chi connectivity index (χ0n) is 13.0. The van der Waals surface area contributed by atoms with E-state index >= 15 is 0 Å². The van der Waals surface area contributed by atoms with Crippen molar-refractivity contribution in [1.82, 2.24) is 4.90 Å². The van der Waals surface area contributed by atoms with Crippen molar-refractivity contribution in [1.29, 1.82) is 0 Å². The molecule has 20 heavy (non-hydrogen) atoms. The molecule has 0 aromatic heterocycles. The Bertz CT molecular complexity index is 266. The summed E-state index contributed by atoms with van der Waals surface area (Å²) in [4.78, 5) is 13.2. The molecule has 0 rings (SSSR count). The standard InChI is InChI=1S/C12H27NO6Si/c1-6-19-12(15)11(14)10-13(2)8-7-9-20(16-3,17-4)18-5/h11,14H,6-10H2,1-5H3. The lowest BCUT2D eigenvalue weighted by atomic mass is 10.3. The molecule has 7 nitrogen and oxygen atoms in total. The van der Waals surface area contributed by atoms with Gasteiger partial charge in [0.1, 0.15) is 0 Å². The van der Waals surface area contributed by atoms with Gasteiger partial charge in [0.15, 0.2) is 6.10 Å². The maximum atomic E-state index is 11.3. The third-order valence-electron chi connectivity index (χ3n) is 3.00. The number of carbonyl (C=O) groups excluding carboxylic acids is 1. The number of carbonyl (C=O) groups is 1. The Morgan fingerprint density at radius 3 is 2.25 bits per heavy atom. The highest BCUT2D eigenvalue weighted by Crippen LogP contribution is 2.15. The summed E-state index contributed by atoms with van der Waals surface area (Å²) in [6.07, 6.45) is -0.331. The van der Waals surface area contributed by atoms with Crippen molar-refractivity contribution in [3.05, 3.63) is 0 Å². The number of ether oxygens (including phenoxy) is 1. The van der Waals surface area contributed by atoms with Gasteiger partial charge in [0, 0.05) is 33.9 Å². The highest BCUT2D eigenvalue weighted by atomic mass is 28.4. The summed E-state index contributed by atoms with van der Waals surface area (Å²) in [7, 11) is 4.02. The molecule has 0 amide bonds. The Kier molecular flexibility index (Phi) is 9.99. The van der Waals surface area contributed by atoms with Gasteiger partial charge in [-0.1, -0.05) is 0 Å². The average Bonchev–Trinajstić information content (AvgIpc) is 2.44. The van der Waals surface area contributed by atoms with Crippen LogP contribution in [0.15, 0.2) is 0 Å². The van der Waals surface area contributed by atoms with E-state index in [2.05, 4.69) is 0 Å². The average molecular weight is 309 g/mol. The van der Waals surface area contributed by atoms with Gasteiger partial charge >= 0.3 is 14.8 Å². The van der Waals surface area contributed by atoms with Gasteiger partial charge in [0.05, 0.1) is 6.61 Å². The van der Waals surface area contributed by atoms with E-state index < -0.39 is 20.9 Å². The fraction of sp³-hybridized carbons (Fsp3) is 0.917. The Morgan fingerprint density at radius 2 is 1.80 bits per heavy atom. The molecule has 0 aliphatic rings. The van der Waals surface area contributed by atoms with Crippen LogP contribution in [-0.4, -0.2) is 79.0 Å². The molecule has 1 N–H and O–H groups in total. The summed E-state index contributed by atoms with van der Waals surface area (Å²) in [6.45, 7) is 2.91. The number of aliphatic hydroxyl groups is 1. The molecule has 1 unspecified atom stereocenters. The van der Waals surface area contributed by atoms with E-state index in [4.69, 9.17) is 18.0 Å². The van der Waals surface area contributed by atoms with Gasteiger partial charge in [0.25, 0.3) is 0 Å². The van der Waals surface area contributed by atoms with Crippen LogP contribution in [-0.2, 0) is 22.8 Å². The van der Waals surface area contributed by atoms with Crippen molar-refractivity contribution in [3.8, 4) is 0 Å². The minimum atomic E-state index is -2.54. The number of aliphatic hydroxyl groups excluding tert-OH is 1.